The van der Waals surface area contributed by atoms with Gasteiger partial charge in [-0.15, -0.1) is 0 Å². The zero-order valence-corrected chi connectivity index (χ0v) is 19.5. The number of hydrogen-bond donors (Lipinski definition) is 1. The van der Waals surface area contributed by atoms with Crippen LogP contribution in [0.15, 0.2) is 41.3 Å². The summed E-state index contributed by atoms with van der Waals surface area (Å²) in [6.45, 7) is -0.0186. The van der Waals surface area contributed by atoms with Crippen LogP contribution in [0, 0.1) is 23.5 Å². The van der Waals surface area contributed by atoms with Crippen molar-refractivity contribution in [3.05, 3.63) is 59.2 Å². The Morgan fingerprint density at radius 3 is 2.47 bits per heavy atom. The first-order chi connectivity index (χ1) is 16.1. The first-order valence-electron chi connectivity index (χ1n) is 11.0. The van der Waals surface area contributed by atoms with Crippen molar-refractivity contribution < 1.29 is 35.1 Å². The van der Waals surface area contributed by atoms with E-state index in [1.54, 1.807) is 0 Å². The van der Waals surface area contributed by atoms with Gasteiger partial charge in [0.1, 0.15) is 5.82 Å². The van der Waals surface area contributed by atoms with Gasteiger partial charge in [0.25, 0.3) is 0 Å². The molecule has 0 bridgehead atoms. The van der Waals surface area contributed by atoms with Crippen LogP contribution in [0.1, 0.15) is 36.8 Å². The van der Waals surface area contributed by atoms with Gasteiger partial charge in [-0.05, 0) is 68.0 Å². The molecule has 0 spiro atoms. The van der Waals surface area contributed by atoms with Crippen LogP contribution in [-0.4, -0.2) is 26.8 Å². The number of fused-ring (bicyclic) bond motifs is 5. The molecule has 1 saturated heterocycles. The smallest absolute Gasteiger partial charge is 0.416 e. The fourth-order valence-corrected chi connectivity index (χ4v) is 8.91. The van der Waals surface area contributed by atoms with Gasteiger partial charge in [0.2, 0.25) is 0 Å². The van der Waals surface area contributed by atoms with Crippen molar-refractivity contribution in [1.29, 1.82) is 0 Å². The van der Waals surface area contributed by atoms with Gasteiger partial charge in [-0.3, -0.25) is 4.21 Å². The van der Waals surface area contributed by atoms with Crippen molar-refractivity contribution in [3.8, 4) is 5.75 Å². The highest BCUT2D eigenvalue weighted by Gasteiger charge is 2.59. The van der Waals surface area contributed by atoms with Crippen LogP contribution in [0.3, 0.4) is 0 Å². The van der Waals surface area contributed by atoms with E-state index in [9.17, 15) is 26.0 Å². The summed E-state index contributed by atoms with van der Waals surface area (Å²) in [5.41, 5.74) is -1.00. The van der Waals surface area contributed by atoms with Gasteiger partial charge in [0.05, 0.1) is 44.3 Å². The van der Waals surface area contributed by atoms with Crippen LogP contribution in [0.2, 0.25) is 0 Å². The molecule has 1 N–H and O–H groups in total. The summed E-state index contributed by atoms with van der Waals surface area (Å²) in [4.78, 5) is 0.109. The first kappa shape index (κ1) is 23.9. The zero-order chi connectivity index (χ0) is 24.3. The van der Waals surface area contributed by atoms with E-state index in [0.717, 1.165) is 36.4 Å². The average molecular weight is 520 g/mol. The third-order valence-corrected chi connectivity index (χ3v) is 10.5. The number of alkyl halides is 3. The molecule has 2 aromatic carbocycles. The molecule has 0 amide bonds. The standard InChI is InChI=1S/C23H22F5NO3S2/c24-17-7-8-18(25)21-20(17)22(34(31)14-5-3-13(4-6-14)23(26,27)28)10-9-19-15(16(22)12-32-21)2-1-11-33(30)29-19/h3-8,15-16,19,29H,1-2,9-12H2/t15-,16?,19+,22-,33?,34?/m1/s1. The molecule has 0 radical (unpaired) electrons. The van der Waals surface area contributed by atoms with Crippen LogP contribution in [0.4, 0.5) is 22.0 Å². The highest BCUT2D eigenvalue weighted by Crippen LogP contribution is 2.57. The van der Waals surface area contributed by atoms with Crippen LogP contribution in [0.5, 0.6) is 5.75 Å². The molecule has 5 rings (SSSR count). The number of rotatable bonds is 2. The van der Waals surface area contributed by atoms with Crippen molar-refractivity contribution in [2.75, 3.05) is 12.4 Å². The monoisotopic (exact) mass is 519 g/mol. The van der Waals surface area contributed by atoms with E-state index < -0.39 is 55.8 Å². The molecule has 4 nitrogen and oxygen atoms in total. The second kappa shape index (κ2) is 8.67. The Labute approximate surface area is 198 Å². The lowest BCUT2D eigenvalue weighted by atomic mass is 9.64. The maximum Gasteiger partial charge on any atom is 0.416 e. The van der Waals surface area contributed by atoms with Gasteiger partial charge in [0, 0.05) is 22.6 Å². The molecule has 2 aromatic rings. The Balaban J connectivity index is 1.66. The quantitative estimate of drug-likeness (QED) is 0.579. The summed E-state index contributed by atoms with van der Waals surface area (Å²) < 4.78 is 103. The number of benzene rings is 2. The maximum absolute atomic E-state index is 15.3. The molecule has 11 heteroatoms. The molecule has 2 heterocycles. The van der Waals surface area contributed by atoms with Gasteiger partial charge in [-0.2, -0.15) is 13.2 Å². The van der Waals surface area contributed by atoms with Gasteiger partial charge in [0.15, 0.2) is 11.6 Å². The molecule has 1 saturated carbocycles. The lowest BCUT2D eigenvalue weighted by Crippen LogP contribution is -2.58. The molecular formula is C23H22F5NO3S2. The summed E-state index contributed by atoms with van der Waals surface area (Å²) in [7, 11) is -3.23. The highest BCUT2D eigenvalue weighted by molar-refractivity contribution is 7.86. The van der Waals surface area contributed by atoms with Gasteiger partial charge >= 0.3 is 6.18 Å². The van der Waals surface area contributed by atoms with Gasteiger partial charge in [-0.1, -0.05) is 0 Å². The predicted octanol–water partition coefficient (Wildman–Crippen LogP) is 4.82. The number of ether oxygens (including phenoxy) is 1. The van der Waals surface area contributed by atoms with E-state index >= 15 is 4.39 Å². The SMILES string of the molecule is O=S1CCC[C@@H]2C3COc4c(F)ccc(F)c4[C@@]3(S(=O)c3ccc(C(F)(F)F)cc3)CC[C@@H]2N1. The van der Waals surface area contributed by atoms with Crippen LogP contribution >= 0.6 is 0 Å². The Kier molecular flexibility index (Phi) is 6.09. The molecule has 1 aliphatic carbocycles. The maximum atomic E-state index is 15.3. The first-order valence-corrected chi connectivity index (χ1v) is 13.4. The van der Waals surface area contributed by atoms with E-state index in [2.05, 4.69) is 4.72 Å². The number of hydrogen-bond acceptors (Lipinski definition) is 3. The Hall–Kier alpha value is -1.85. The second-order valence-corrected chi connectivity index (χ2v) is 12.0. The van der Waals surface area contributed by atoms with E-state index in [-0.39, 0.29) is 41.2 Å². The van der Waals surface area contributed by atoms with Gasteiger partial charge in [-0.25, -0.2) is 17.7 Å². The van der Waals surface area contributed by atoms with Gasteiger partial charge < -0.3 is 4.74 Å². The molecule has 2 fully saturated rings. The lowest BCUT2D eigenvalue weighted by molar-refractivity contribution is -0.137. The van der Waals surface area contributed by atoms with Crippen LogP contribution in [0.25, 0.3) is 0 Å². The van der Waals surface area contributed by atoms with Crippen molar-refractivity contribution in [2.24, 2.45) is 11.8 Å². The Morgan fingerprint density at radius 1 is 1.06 bits per heavy atom. The Morgan fingerprint density at radius 2 is 1.76 bits per heavy atom. The number of nitrogens with one attached hydrogen (secondary N) is 1. The third kappa shape index (κ3) is 3.80. The third-order valence-electron chi connectivity index (χ3n) is 7.23. The minimum Gasteiger partial charge on any atom is -0.490 e. The predicted molar refractivity (Wildman–Crippen MR) is 117 cm³/mol. The summed E-state index contributed by atoms with van der Waals surface area (Å²) in [6.07, 6.45) is -2.70. The zero-order valence-electron chi connectivity index (χ0n) is 17.9. The Bertz CT molecular complexity index is 1160. The molecule has 2 aliphatic heterocycles. The molecular weight excluding hydrogens is 497 g/mol. The fraction of sp³-hybridized carbons (Fsp3) is 0.478. The minimum atomic E-state index is -4.55. The summed E-state index contributed by atoms with van der Waals surface area (Å²) in [5.74, 6) is -2.06. The molecule has 0 aromatic heterocycles. The van der Waals surface area contributed by atoms with Crippen molar-refractivity contribution in [3.63, 3.8) is 0 Å². The molecule has 184 valence electrons. The largest absolute Gasteiger partial charge is 0.490 e. The topological polar surface area (TPSA) is 55.4 Å². The molecule has 34 heavy (non-hydrogen) atoms. The van der Waals surface area contributed by atoms with E-state index in [0.29, 0.717) is 25.0 Å². The minimum absolute atomic E-state index is 0.0186. The lowest BCUT2D eigenvalue weighted by Gasteiger charge is -2.52. The average Bonchev–Trinajstić information content (AvgIpc) is 3.00. The molecule has 3 unspecified atom stereocenters. The highest BCUT2D eigenvalue weighted by atomic mass is 32.2. The van der Waals surface area contributed by atoms with E-state index in [1.807, 2.05) is 0 Å². The fourth-order valence-electron chi connectivity index (χ4n) is 5.73. The van der Waals surface area contributed by atoms with E-state index in [4.69, 9.17) is 4.74 Å². The summed E-state index contributed by atoms with van der Waals surface area (Å²) in [6, 6.07) is 5.73. The van der Waals surface area contributed by atoms with Crippen molar-refractivity contribution in [1.82, 2.24) is 4.72 Å². The molecule has 6 atom stereocenters. The number of halogens is 5. The second-order valence-electron chi connectivity index (χ2n) is 8.95. The van der Waals surface area contributed by atoms with Crippen molar-refractivity contribution in [2.45, 2.75) is 47.5 Å². The summed E-state index contributed by atoms with van der Waals surface area (Å²) >= 11 is 0. The van der Waals surface area contributed by atoms with Crippen LogP contribution in [-0.2, 0) is 32.7 Å². The van der Waals surface area contributed by atoms with Crippen LogP contribution < -0.4 is 9.46 Å². The normalized spacial score (nSPS) is 31.9. The molecule has 3 aliphatic rings. The van der Waals surface area contributed by atoms with E-state index in [1.165, 1.54) is 0 Å². The van der Waals surface area contributed by atoms with Crippen molar-refractivity contribution >= 4 is 21.8 Å². The summed E-state index contributed by atoms with van der Waals surface area (Å²) in [5, 5.41) is 0.